The van der Waals surface area contributed by atoms with Gasteiger partial charge >= 0.3 is 6.03 Å². The van der Waals surface area contributed by atoms with Crippen LogP contribution in [0.5, 0.6) is 0 Å². The van der Waals surface area contributed by atoms with Crippen LogP contribution in [0.1, 0.15) is 16.8 Å². The van der Waals surface area contributed by atoms with Gasteiger partial charge in [-0.05, 0) is 12.5 Å². The van der Waals surface area contributed by atoms with E-state index in [1.54, 1.807) is 0 Å². The SMILES string of the molecule is O=C1NC(=O)C2(CCN(C(=O)c3ccc(=O)[nH]c3)C2)N1. The number of nitrogens with one attached hydrogen (secondary N) is 3. The maximum atomic E-state index is 12.2. The van der Waals surface area contributed by atoms with Gasteiger partial charge in [-0.1, -0.05) is 0 Å². The standard InChI is InChI=1S/C12H12N4O4/c17-8-2-1-7(5-13-8)9(18)16-4-3-12(6-16)10(19)14-11(20)15-12/h1-2,5H,3-4,6H2,(H,13,17)(H2,14,15,19,20). The highest BCUT2D eigenvalue weighted by Crippen LogP contribution is 2.25. The van der Waals surface area contributed by atoms with Crippen LogP contribution in [-0.2, 0) is 4.79 Å². The Morgan fingerprint density at radius 2 is 2.05 bits per heavy atom. The Balaban J connectivity index is 1.79. The van der Waals surface area contributed by atoms with Gasteiger partial charge in [-0.2, -0.15) is 0 Å². The summed E-state index contributed by atoms with van der Waals surface area (Å²) in [7, 11) is 0. The van der Waals surface area contributed by atoms with Crippen molar-refractivity contribution in [2.45, 2.75) is 12.0 Å². The van der Waals surface area contributed by atoms with Crippen molar-refractivity contribution in [1.29, 1.82) is 0 Å². The summed E-state index contributed by atoms with van der Waals surface area (Å²) in [4.78, 5) is 50.1. The third-order valence-corrected chi connectivity index (χ3v) is 3.60. The topological polar surface area (TPSA) is 111 Å². The first-order valence-electron chi connectivity index (χ1n) is 6.12. The lowest BCUT2D eigenvalue weighted by Gasteiger charge is -2.21. The molecule has 20 heavy (non-hydrogen) atoms. The Labute approximate surface area is 113 Å². The number of amides is 4. The first-order valence-corrected chi connectivity index (χ1v) is 6.12. The zero-order valence-electron chi connectivity index (χ0n) is 10.4. The van der Waals surface area contributed by atoms with E-state index in [0.29, 0.717) is 18.5 Å². The number of nitrogens with zero attached hydrogens (tertiary/aromatic N) is 1. The smallest absolute Gasteiger partial charge is 0.322 e. The summed E-state index contributed by atoms with van der Waals surface area (Å²) in [6, 6.07) is 2.16. The number of hydrogen-bond donors (Lipinski definition) is 3. The Morgan fingerprint density at radius 1 is 1.25 bits per heavy atom. The maximum Gasteiger partial charge on any atom is 0.322 e. The minimum absolute atomic E-state index is 0.128. The summed E-state index contributed by atoms with van der Waals surface area (Å²) in [5.41, 5.74) is -0.970. The zero-order chi connectivity index (χ0) is 14.3. The largest absolute Gasteiger partial charge is 0.336 e. The van der Waals surface area contributed by atoms with Crippen molar-refractivity contribution in [3.8, 4) is 0 Å². The molecule has 2 saturated heterocycles. The number of pyridine rings is 1. The van der Waals surface area contributed by atoms with Gasteiger partial charge in [-0.3, -0.25) is 19.7 Å². The number of aromatic nitrogens is 1. The van der Waals surface area contributed by atoms with E-state index >= 15 is 0 Å². The first-order chi connectivity index (χ1) is 9.50. The Bertz CT molecular complexity index is 647. The summed E-state index contributed by atoms with van der Waals surface area (Å²) in [6.07, 6.45) is 1.71. The Hall–Kier alpha value is -2.64. The molecule has 1 unspecified atom stereocenters. The minimum atomic E-state index is -1.02. The van der Waals surface area contributed by atoms with Crippen molar-refractivity contribution in [1.82, 2.24) is 20.5 Å². The van der Waals surface area contributed by atoms with Gasteiger partial charge in [0.2, 0.25) is 5.56 Å². The Kier molecular flexibility index (Phi) is 2.60. The maximum absolute atomic E-state index is 12.2. The summed E-state index contributed by atoms with van der Waals surface area (Å²) in [6.45, 7) is 0.494. The molecule has 1 spiro atoms. The molecule has 0 bridgehead atoms. The predicted molar refractivity (Wildman–Crippen MR) is 67.0 cm³/mol. The Morgan fingerprint density at radius 3 is 2.65 bits per heavy atom. The molecular weight excluding hydrogens is 264 g/mol. The average molecular weight is 276 g/mol. The molecule has 4 amide bonds. The third kappa shape index (κ3) is 1.85. The van der Waals surface area contributed by atoms with E-state index in [1.807, 2.05) is 0 Å². The molecule has 3 N–H and O–H groups in total. The number of hydrogen-bond acceptors (Lipinski definition) is 4. The van der Waals surface area contributed by atoms with Gasteiger partial charge in [0.05, 0.1) is 12.1 Å². The molecule has 0 radical (unpaired) electrons. The lowest BCUT2D eigenvalue weighted by molar-refractivity contribution is -0.123. The number of aromatic amines is 1. The lowest BCUT2D eigenvalue weighted by Crippen LogP contribution is -2.49. The fourth-order valence-corrected chi connectivity index (χ4v) is 2.52. The molecule has 0 aliphatic carbocycles. The van der Waals surface area contributed by atoms with Gasteiger partial charge in [-0.15, -0.1) is 0 Å². The molecule has 2 fully saturated rings. The molecule has 2 aliphatic rings. The monoisotopic (exact) mass is 276 g/mol. The molecule has 1 aromatic rings. The molecule has 1 atom stereocenters. The second-order valence-electron chi connectivity index (χ2n) is 4.91. The second-order valence-corrected chi connectivity index (χ2v) is 4.91. The van der Waals surface area contributed by atoms with Gasteiger partial charge in [0.15, 0.2) is 0 Å². The molecule has 2 aliphatic heterocycles. The molecular formula is C12H12N4O4. The van der Waals surface area contributed by atoms with E-state index in [9.17, 15) is 19.2 Å². The van der Waals surface area contributed by atoms with Crippen LogP contribution in [0, 0.1) is 0 Å². The normalized spacial score (nSPS) is 24.9. The van der Waals surface area contributed by atoms with Gasteiger partial charge < -0.3 is 15.2 Å². The highest BCUT2D eigenvalue weighted by Gasteiger charge is 2.51. The highest BCUT2D eigenvalue weighted by atomic mass is 16.2. The molecule has 0 saturated carbocycles. The van der Waals surface area contributed by atoms with Crippen LogP contribution in [-0.4, -0.2) is 46.4 Å². The van der Waals surface area contributed by atoms with E-state index in [4.69, 9.17) is 0 Å². The highest BCUT2D eigenvalue weighted by molar-refractivity contribution is 6.08. The number of carbonyl (C=O) groups excluding carboxylic acids is 3. The van der Waals surface area contributed by atoms with E-state index in [0.717, 1.165) is 0 Å². The van der Waals surface area contributed by atoms with Crippen molar-refractivity contribution in [3.63, 3.8) is 0 Å². The molecule has 8 nitrogen and oxygen atoms in total. The van der Waals surface area contributed by atoms with E-state index in [-0.39, 0.29) is 18.0 Å². The summed E-state index contributed by atoms with van der Waals surface area (Å²) in [5, 5.41) is 4.75. The number of likely N-dealkylation sites (tertiary alicyclic amines) is 1. The summed E-state index contributed by atoms with van der Waals surface area (Å²) in [5.74, 6) is -0.689. The molecule has 0 aromatic carbocycles. The van der Waals surface area contributed by atoms with Crippen LogP contribution in [0.4, 0.5) is 4.79 Å². The lowest BCUT2D eigenvalue weighted by atomic mass is 9.99. The summed E-state index contributed by atoms with van der Waals surface area (Å²) >= 11 is 0. The van der Waals surface area contributed by atoms with Crippen LogP contribution in [0.2, 0.25) is 0 Å². The van der Waals surface area contributed by atoms with Gasteiger partial charge in [0, 0.05) is 18.8 Å². The van der Waals surface area contributed by atoms with Crippen molar-refractivity contribution in [3.05, 3.63) is 34.2 Å². The van der Waals surface area contributed by atoms with Gasteiger partial charge in [-0.25, -0.2) is 4.79 Å². The van der Waals surface area contributed by atoms with E-state index < -0.39 is 17.5 Å². The molecule has 8 heteroatoms. The van der Waals surface area contributed by atoms with Crippen LogP contribution < -0.4 is 16.2 Å². The third-order valence-electron chi connectivity index (χ3n) is 3.60. The second kappa shape index (κ2) is 4.19. The van der Waals surface area contributed by atoms with Crippen LogP contribution in [0.25, 0.3) is 0 Å². The number of imide groups is 1. The molecule has 3 heterocycles. The predicted octanol–water partition coefficient (Wildman–Crippen LogP) is -1.20. The molecule has 1 aromatic heterocycles. The fraction of sp³-hybridized carbons (Fsp3) is 0.333. The van der Waals surface area contributed by atoms with Crippen LogP contribution in [0.3, 0.4) is 0 Å². The molecule has 104 valence electrons. The summed E-state index contributed by atoms with van der Waals surface area (Å²) < 4.78 is 0. The van der Waals surface area contributed by atoms with Gasteiger partial charge in [0.25, 0.3) is 11.8 Å². The number of urea groups is 1. The van der Waals surface area contributed by atoms with Crippen LogP contribution in [0.15, 0.2) is 23.1 Å². The minimum Gasteiger partial charge on any atom is -0.336 e. The average Bonchev–Trinajstić information content (AvgIpc) is 2.95. The van der Waals surface area contributed by atoms with Crippen LogP contribution >= 0.6 is 0 Å². The number of carbonyl (C=O) groups is 3. The zero-order valence-corrected chi connectivity index (χ0v) is 10.4. The number of H-pyrrole nitrogens is 1. The van der Waals surface area contributed by atoms with Crippen molar-refractivity contribution < 1.29 is 14.4 Å². The van der Waals surface area contributed by atoms with E-state index in [1.165, 1.54) is 23.2 Å². The van der Waals surface area contributed by atoms with Crippen molar-refractivity contribution in [2.75, 3.05) is 13.1 Å². The van der Waals surface area contributed by atoms with Crippen molar-refractivity contribution >= 4 is 17.8 Å². The van der Waals surface area contributed by atoms with Crippen molar-refractivity contribution in [2.24, 2.45) is 0 Å². The quantitative estimate of drug-likeness (QED) is 0.559. The first kappa shape index (κ1) is 12.4. The number of rotatable bonds is 1. The van der Waals surface area contributed by atoms with Gasteiger partial charge in [0.1, 0.15) is 5.54 Å². The molecule has 3 rings (SSSR count). The van der Waals surface area contributed by atoms with E-state index in [2.05, 4.69) is 15.6 Å². The fourth-order valence-electron chi connectivity index (χ4n) is 2.52.